The minimum absolute atomic E-state index is 0.670. The number of aryl methyl sites for hydroxylation is 1. The van der Waals surface area contributed by atoms with E-state index in [-0.39, 0.29) is 0 Å². The van der Waals surface area contributed by atoms with Crippen LogP contribution >= 0.6 is 11.6 Å². The van der Waals surface area contributed by atoms with Crippen molar-refractivity contribution < 1.29 is 9.47 Å². The van der Waals surface area contributed by atoms with Gasteiger partial charge in [0, 0.05) is 42.9 Å². The monoisotopic (exact) mass is 452 g/mol. The lowest BCUT2D eigenvalue weighted by Crippen LogP contribution is -2.37. The number of anilines is 4. The summed E-state index contributed by atoms with van der Waals surface area (Å²) in [5, 5.41) is 5.49. The van der Waals surface area contributed by atoms with Gasteiger partial charge >= 0.3 is 0 Å². The van der Waals surface area contributed by atoms with Gasteiger partial charge in [-0.1, -0.05) is 23.7 Å². The maximum atomic E-state index is 6.51. The number of benzene rings is 2. The van der Waals surface area contributed by atoms with Crippen molar-refractivity contribution in [3.05, 3.63) is 52.7 Å². The third-order valence-corrected chi connectivity index (χ3v) is 6.73. The van der Waals surface area contributed by atoms with E-state index in [1.54, 1.807) is 0 Å². The lowest BCUT2D eigenvalue weighted by molar-refractivity contribution is 0.122. The van der Waals surface area contributed by atoms with Crippen LogP contribution in [0.5, 0.6) is 0 Å². The average molecular weight is 453 g/mol. The largest absolute Gasteiger partial charge is 0.378 e. The summed E-state index contributed by atoms with van der Waals surface area (Å²) in [6.45, 7) is 10.7. The summed E-state index contributed by atoms with van der Waals surface area (Å²) in [5.74, 6) is 0. The molecule has 0 radical (unpaired) electrons. The van der Waals surface area contributed by atoms with Gasteiger partial charge in [0.15, 0.2) is 0 Å². The smallest absolute Gasteiger partial charge is 0.0912 e. The lowest BCUT2D eigenvalue weighted by Gasteiger charge is -2.33. The Bertz CT molecular complexity index is 1120. The number of fused-ring (bicyclic) bond motifs is 1. The quantitative estimate of drug-likeness (QED) is 0.606. The van der Waals surface area contributed by atoms with Gasteiger partial charge in [0.05, 0.1) is 54.0 Å². The summed E-state index contributed by atoms with van der Waals surface area (Å²) >= 11 is 6.51. The molecule has 0 unspecified atom stereocenters. The first kappa shape index (κ1) is 21.3. The summed E-state index contributed by atoms with van der Waals surface area (Å²) in [7, 11) is 0. The maximum Gasteiger partial charge on any atom is 0.0912 e. The molecule has 2 aliphatic heterocycles. The van der Waals surface area contributed by atoms with Gasteiger partial charge < -0.3 is 24.6 Å². The second kappa shape index (κ2) is 9.14. The number of para-hydroxylation sites is 1. The highest BCUT2D eigenvalue weighted by Crippen LogP contribution is 2.38. The first-order chi connectivity index (χ1) is 15.6. The molecule has 1 N–H and O–H groups in total. The van der Waals surface area contributed by atoms with Crippen molar-refractivity contribution in [3.63, 3.8) is 0 Å². The van der Waals surface area contributed by atoms with Crippen molar-refractivity contribution in [2.45, 2.75) is 13.8 Å². The zero-order valence-electron chi connectivity index (χ0n) is 18.7. The van der Waals surface area contributed by atoms with Crippen LogP contribution in [-0.4, -0.2) is 57.6 Å². The third kappa shape index (κ3) is 4.10. The van der Waals surface area contributed by atoms with Gasteiger partial charge in [0.1, 0.15) is 0 Å². The molecule has 0 aliphatic carbocycles. The van der Waals surface area contributed by atoms with Crippen LogP contribution in [0.4, 0.5) is 22.7 Å². The van der Waals surface area contributed by atoms with E-state index in [1.165, 1.54) is 11.4 Å². The fraction of sp³-hybridized carbons (Fsp3) is 0.400. The van der Waals surface area contributed by atoms with Crippen molar-refractivity contribution in [2.75, 3.05) is 67.7 Å². The number of aromatic nitrogens is 1. The van der Waals surface area contributed by atoms with Crippen LogP contribution in [0, 0.1) is 13.8 Å². The molecule has 0 amide bonds. The highest BCUT2D eigenvalue weighted by molar-refractivity contribution is 6.35. The molecule has 2 aliphatic rings. The number of morpholine rings is 2. The number of pyridine rings is 1. The molecule has 0 spiro atoms. The van der Waals surface area contributed by atoms with E-state index >= 15 is 0 Å². The van der Waals surface area contributed by atoms with Crippen molar-refractivity contribution >= 4 is 45.3 Å². The Labute approximate surface area is 194 Å². The molecule has 3 aromatic rings. The molecule has 2 fully saturated rings. The predicted molar refractivity (Wildman–Crippen MR) is 132 cm³/mol. The first-order valence-electron chi connectivity index (χ1n) is 11.2. The van der Waals surface area contributed by atoms with Gasteiger partial charge in [0.25, 0.3) is 0 Å². The molecule has 2 aromatic carbocycles. The highest BCUT2D eigenvalue weighted by Gasteiger charge is 2.20. The molecule has 0 bridgehead atoms. The van der Waals surface area contributed by atoms with Crippen molar-refractivity contribution in [1.82, 2.24) is 4.98 Å². The van der Waals surface area contributed by atoms with Crippen molar-refractivity contribution in [1.29, 1.82) is 0 Å². The maximum absolute atomic E-state index is 6.51. The lowest BCUT2D eigenvalue weighted by atomic mass is 10.1. The van der Waals surface area contributed by atoms with Crippen molar-refractivity contribution in [3.8, 4) is 0 Å². The van der Waals surface area contributed by atoms with Crippen LogP contribution in [0.25, 0.3) is 10.9 Å². The fourth-order valence-corrected chi connectivity index (χ4v) is 4.70. The average Bonchev–Trinajstić information content (AvgIpc) is 2.84. The van der Waals surface area contributed by atoms with Crippen LogP contribution in [-0.2, 0) is 9.47 Å². The summed E-state index contributed by atoms with van der Waals surface area (Å²) in [5.41, 5.74) is 7.48. The minimum atomic E-state index is 0.670. The first-order valence-corrected chi connectivity index (χ1v) is 11.6. The number of nitrogens with one attached hydrogen (secondary N) is 1. The number of nitrogens with zero attached hydrogens (tertiary/aromatic N) is 3. The fourth-order valence-electron chi connectivity index (χ4n) is 4.48. The van der Waals surface area contributed by atoms with Gasteiger partial charge in [-0.25, -0.2) is 0 Å². The zero-order chi connectivity index (χ0) is 22.1. The second-order valence-corrected chi connectivity index (χ2v) is 8.77. The summed E-state index contributed by atoms with van der Waals surface area (Å²) in [6, 6.07) is 12.7. The SMILES string of the molecule is Cc1nc2c(Cl)cccc2c(Nc2cc(N3CCOCC3)ccc2N2CCOCC2)c1C. The Morgan fingerprint density at radius 2 is 1.59 bits per heavy atom. The number of halogens is 1. The summed E-state index contributed by atoms with van der Waals surface area (Å²) in [4.78, 5) is 9.54. The molecule has 0 atom stereocenters. The summed E-state index contributed by atoms with van der Waals surface area (Å²) < 4.78 is 11.2. The Morgan fingerprint density at radius 1 is 0.906 bits per heavy atom. The zero-order valence-corrected chi connectivity index (χ0v) is 19.4. The molecule has 7 heteroatoms. The van der Waals surface area contributed by atoms with Gasteiger partial charge in [-0.15, -0.1) is 0 Å². The van der Waals surface area contributed by atoms with Gasteiger partial charge in [-0.3, -0.25) is 4.98 Å². The molecular formula is C25H29ClN4O2. The Balaban J connectivity index is 1.61. The summed E-state index contributed by atoms with van der Waals surface area (Å²) in [6.07, 6.45) is 0. The van der Waals surface area contributed by atoms with Crippen LogP contribution in [0.1, 0.15) is 11.3 Å². The highest BCUT2D eigenvalue weighted by atomic mass is 35.5. The predicted octanol–water partition coefficient (Wildman–Crippen LogP) is 4.92. The van der Waals surface area contributed by atoms with Crippen molar-refractivity contribution in [2.24, 2.45) is 0 Å². The van der Waals surface area contributed by atoms with E-state index in [2.05, 4.69) is 46.3 Å². The van der Waals surface area contributed by atoms with E-state index in [9.17, 15) is 0 Å². The van der Waals surface area contributed by atoms with Gasteiger partial charge in [0.2, 0.25) is 0 Å². The molecule has 1 aromatic heterocycles. The minimum Gasteiger partial charge on any atom is -0.378 e. The standard InChI is InChI=1S/C25H29ClN4O2/c1-17-18(2)27-25-20(4-3-5-21(25)26)24(17)28-22-16-19(29-8-12-31-13-9-29)6-7-23(22)30-10-14-32-15-11-30/h3-7,16H,8-15H2,1-2H3,(H,27,28). The van der Waals surface area contributed by atoms with E-state index in [1.807, 2.05) is 19.1 Å². The Hall–Kier alpha value is -2.54. The van der Waals surface area contributed by atoms with E-state index in [4.69, 9.17) is 26.1 Å². The molecule has 2 saturated heterocycles. The molecule has 3 heterocycles. The molecule has 32 heavy (non-hydrogen) atoms. The molecule has 0 saturated carbocycles. The van der Waals surface area contributed by atoms with Crippen LogP contribution in [0.3, 0.4) is 0 Å². The third-order valence-electron chi connectivity index (χ3n) is 6.42. The Kier molecular flexibility index (Phi) is 6.09. The molecule has 6 nitrogen and oxygen atoms in total. The molecule has 168 valence electrons. The van der Waals surface area contributed by atoms with Gasteiger partial charge in [-0.2, -0.15) is 0 Å². The number of rotatable bonds is 4. The van der Waals surface area contributed by atoms with E-state index in [0.717, 1.165) is 86.1 Å². The number of ether oxygens (including phenoxy) is 2. The molecular weight excluding hydrogens is 424 g/mol. The number of hydrogen-bond acceptors (Lipinski definition) is 6. The van der Waals surface area contributed by atoms with Crippen LogP contribution < -0.4 is 15.1 Å². The van der Waals surface area contributed by atoms with Crippen LogP contribution in [0.15, 0.2) is 36.4 Å². The van der Waals surface area contributed by atoms with Gasteiger partial charge in [-0.05, 0) is 43.7 Å². The topological polar surface area (TPSA) is 49.9 Å². The second-order valence-electron chi connectivity index (χ2n) is 8.36. The number of hydrogen-bond donors (Lipinski definition) is 1. The Morgan fingerprint density at radius 3 is 2.31 bits per heavy atom. The van der Waals surface area contributed by atoms with Crippen LogP contribution in [0.2, 0.25) is 5.02 Å². The van der Waals surface area contributed by atoms with E-state index in [0.29, 0.717) is 5.02 Å². The normalized spacial score (nSPS) is 17.1. The molecule has 5 rings (SSSR count). The van der Waals surface area contributed by atoms with E-state index < -0.39 is 0 Å².